The molecule has 22 valence electrons. The van der Waals surface area contributed by atoms with Crippen molar-refractivity contribution in [3.05, 3.63) is 0 Å². The number of rotatable bonds is 0. The molecule has 0 aromatic rings. The Hall–Kier alpha value is 2.06. The molecule has 0 saturated carbocycles. The Morgan fingerprint density at radius 1 is 1.25 bits per heavy atom. The SMILES string of the molecule is C.Cl.[H-].[H-].[H-].[Mg+2].[Na+]. The first-order valence-corrected chi connectivity index (χ1v) is 0. The van der Waals surface area contributed by atoms with Crippen LogP contribution in [0.4, 0.5) is 0 Å². The van der Waals surface area contributed by atoms with Crippen molar-refractivity contribution in [1.29, 1.82) is 0 Å². The van der Waals surface area contributed by atoms with Crippen LogP contribution in [0.3, 0.4) is 0 Å². The number of hydrogen-bond donors (Lipinski definition) is 0. The average Bonchev–Trinajstić information content (AvgIpc) is 0. The van der Waals surface area contributed by atoms with Gasteiger partial charge in [-0.1, -0.05) is 7.43 Å². The van der Waals surface area contributed by atoms with Gasteiger partial charge in [0.05, 0.1) is 0 Å². The minimum atomic E-state index is 0. The first kappa shape index (κ1) is 36.6. The van der Waals surface area contributed by atoms with E-state index in [1.54, 1.807) is 0 Å². The van der Waals surface area contributed by atoms with Gasteiger partial charge in [-0.2, -0.15) is 0 Å². The summed E-state index contributed by atoms with van der Waals surface area (Å²) < 4.78 is 0. The molecule has 4 heavy (non-hydrogen) atoms. The van der Waals surface area contributed by atoms with Gasteiger partial charge in [0.15, 0.2) is 0 Å². The molecule has 0 aliphatic rings. The molecule has 0 saturated heterocycles. The van der Waals surface area contributed by atoms with E-state index in [1.165, 1.54) is 0 Å². The summed E-state index contributed by atoms with van der Waals surface area (Å²) in [7, 11) is 0. The van der Waals surface area contributed by atoms with Gasteiger partial charge >= 0.3 is 52.6 Å². The van der Waals surface area contributed by atoms with Crippen LogP contribution < -0.4 is 29.6 Å². The molecular formula is CH8ClMgNa. The van der Waals surface area contributed by atoms with Gasteiger partial charge in [-0.3, -0.25) is 0 Å². The van der Waals surface area contributed by atoms with Crippen LogP contribution in [-0.2, 0) is 0 Å². The van der Waals surface area contributed by atoms with E-state index in [1.807, 2.05) is 0 Å². The predicted octanol–water partition coefficient (Wildman–Crippen LogP) is -1.98. The van der Waals surface area contributed by atoms with E-state index >= 15 is 0 Å². The Morgan fingerprint density at radius 3 is 1.25 bits per heavy atom. The van der Waals surface area contributed by atoms with Crippen molar-refractivity contribution in [2.45, 2.75) is 7.43 Å². The fourth-order valence-electron chi connectivity index (χ4n) is 0. The molecule has 0 spiro atoms. The van der Waals surface area contributed by atoms with Crippen molar-refractivity contribution >= 4 is 35.5 Å². The minimum Gasteiger partial charge on any atom is -1.00 e. The molecule has 0 nitrogen and oxygen atoms in total. The molecule has 0 aliphatic carbocycles. The van der Waals surface area contributed by atoms with Gasteiger partial charge < -0.3 is 4.28 Å². The quantitative estimate of drug-likeness (QED) is 0.311. The normalized spacial score (nSPS) is 0. The number of hydrogen-bond acceptors (Lipinski definition) is 0. The molecule has 0 aromatic carbocycles. The Labute approximate surface area is 76.0 Å². The first-order chi connectivity index (χ1) is 0. The Kier molecular flexibility index (Phi) is 180. The van der Waals surface area contributed by atoms with E-state index in [-0.39, 0.29) is 76.7 Å². The molecule has 0 unspecified atom stereocenters. The van der Waals surface area contributed by atoms with Crippen LogP contribution in [0.2, 0.25) is 0 Å². The second kappa shape index (κ2) is 19.7. The molecule has 0 fully saturated rings. The zero-order valence-electron chi connectivity index (χ0n) is 5.12. The van der Waals surface area contributed by atoms with E-state index in [0.717, 1.165) is 0 Å². The largest absolute Gasteiger partial charge is 2.00 e. The fourth-order valence-corrected chi connectivity index (χ4v) is 0. The molecule has 0 heterocycles. The molecule has 0 radical (unpaired) electrons. The van der Waals surface area contributed by atoms with E-state index in [2.05, 4.69) is 0 Å². The maximum Gasteiger partial charge on any atom is 2.00 e. The maximum absolute atomic E-state index is 0. The van der Waals surface area contributed by atoms with Gasteiger partial charge in [-0.05, 0) is 0 Å². The van der Waals surface area contributed by atoms with E-state index in [0.29, 0.717) is 0 Å². The fraction of sp³-hybridized carbons (Fsp3) is 1.00. The summed E-state index contributed by atoms with van der Waals surface area (Å²) in [5.74, 6) is 0. The van der Waals surface area contributed by atoms with Crippen molar-refractivity contribution in [2.24, 2.45) is 0 Å². The molecule has 0 aromatic heterocycles. The summed E-state index contributed by atoms with van der Waals surface area (Å²) in [6.07, 6.45) is 0. The van der Waals surface area contributed by atoms with E-state index < -0.39 is 0 Å². The summed E-state index contributed by atoms with van der Waals surface area (Å²) in [6.45, 7) is 0. The van der Waals surface area contributed by atoms with Crippen LogP contribution in [-0.4, -0.2) is 23.1 Å². The third kappa shape index (κ3) is 8.96. The van der Waals surface area contributed by atoms with Crippen molar-refractivity contribution in [1.82, 2.24) is 0 Å². The monoisotopic (exact) mass is 102 g/mol. The first-order valence-electron chi connectivity index (χ1n) is 0. The van der Waals surface area contributed by atoms with Gasteiger partial charge in [-0.25, -0.2) is 0 Å². The van der Waals surface area contributed by atoms with Crippen LogP contribution in [0.15, 0.2) is 0 Å². The maximum atomic E-state index is 0. The molecule has 0 atom stereocenters. The van der Waals surface area contributed by atoms with Crippen molar-refractivity contribution in [2.75, 3.05) is 0 Å². The van der Waals surface area contributed by atoms with Crippen LogP contribution in [0.25, 0.3) is 0 Å². The van der Waals surface area contributed by atoms with Crippen LogP contribution in [0.1, 0.15) is 11.7 Å². The van der Waals surface area contributed by atoms with E-state index in [4.69, 9.17) is 0 Å². The third-order valence-electron chi connectivity index (χ3n) is 0. The Morgan fingerprint density at radius 2 is 1.25 bits per heavy atom. The van der Waals surface area contributed by atoms with Crippen molar-refractivity contribution < 1.29 is 33.8 Å². The smallest absolute Gasteiger partial charge is 1.00 e. The number of halogens is 1. The van der Waals surface area contributed by atoms with Crippen LogP contribution in [0, 0.1) is 0 Å². The molecule has 3 heteroatoms. The molecule has 0 bridgehead atoms. The summed E-state index contributed by atoms with van der Waals surface area (Å²) >= 11 is 0. The van der Waals surface area contributed by atoms with Gasteiger partial charge in [0.1, 0.15) is 0 Å². The zero-order chi connectivity index (χ0) is 0. The Bertz CT molecular complexity index is 14.9. The topological polar surface area (TPSA) is 0 Å². The molecule has 0 aliphatic heterocycles. The molecule has 0 N–H and O–H groups in total. The van der Waals surface area contributed by atoms with Gasteiger partial charge in [0.25, 0.3) is 0 Å². The summed E-state index contributed by atoms with van der Waals surface area (Å²) in [4.78, 5) is 0. The Balaban J connectivity index is 0. The van der Waals surface area contributed by atoms with Crippen LogP contribution >= 0.6 is 12.4 Å². The van der Waals surface area contributed by atoms with Gasteiger partial charge in [0.2, 0.25) is 0 Å². The molecular weight excluding hydrogens is 94.8 g/mol. The average molecular weight is 103 g/mol. The minimum absolute atomic E-state index is 0. The van der Waals surface area contributed by atoms with Gasteiger partial charge in [-0.15, -0.1) is 12.4 Å². The summed E-state index contributed by atoms with van der Waals surface area (Å²) in [5.41, 5.74) is 0. The van der Waals surface area contributed by atoms with Crippen LogP contribution in [0.5, 0.6) is 0 Å². The molecule has 0 amide bonds. The predicted molar refractivity (Wildman–Crippen MR) is 23.1 cm³/mol. The van der Waals surface area contributed by atoms with Crippen molar-refractivity contribution in [3.8, 4) is 0 Å². The second-order valence-electron chi connectivity index (χ2n) is 0. The summed E-state index contributed by atoms with van der Waals surface area (Å²) in [6, 6.07) is 0. The van der Waals surface area contributed by atoms with E-state index in [9.17, 15) is 0 Å². The second-order valence-corrected chi connectivity index (χ2v) is 0. The van der Waals surface area contributed by atoms with Gasteiger partial charge in [0, 0.05) is 0 Å². The standard InChI is InChI=1S/CH4.ClH.Mg.Na.3H/h1H4;1H;;;;;/q;;+2;+1;3*-1. The third-order valence-corrected chi connectivity index (χ3v) is 0. The summed E-state index contributed by atoms with van der Waals surface area (Å²) in [5, 5.41) is 0. The molecule has 0 rings (SSSR count). The van der Waals surface area contributed by atoms with Crippen molar-refractivity contribution in [3.63, 3.8) is 0 Å². The zero-order valence-corrected chi connectivity index (χ0v) is 6.35.